The molecule has 2 nitrogen and oxygen atoms in total. The van der Waals surface area contributed by atoms with Crippen molar-refractivity contribution in [2.45, 2.75) is 0 Å². The highest BCUT2D eigenvalue weighted by Gasteiger charge is 2.22. The van der Waals surface area contributed by atoms with Gasteiger partial charge >= 0.3 is 0 Å². The molecule has 11 aromatic carbocycles. The van der Waals surface area contributed by atoms with Crippen molar-refractivity contribution < 1.29 is 4.42 Å². The summed E-state index contributed by atoms with van der Waals surface area (Å²) in [6, 6.07) is 81.1. The van der Waals surface area contributed by atoms with Gasteiger partial charge in [-0.1, -0.05) is 182 Å². The number of benzene rings is 11. The molecule has 0 saturated heterocycles. The molecule has 0 atom stereocenters. The predicted octanol–water partition coefficient (Wildman–Crippen LogP) is 16.7. The number of nitrogens with zero attached hydrogens (tertiary/aromatic N) is 1. The summed E-state index contributed by atoms with van der Waals surface area (Å²) >= 11 is 0. The SMILES string of the molecule is c1ccc(-c2cccc3c2oc2c(N(c4ccc(-c5cc6ccccc6c6ccccc56)cc4)c4cccc(-c5cc6ccccc6c6ccccc56)c4)cccc23)cc1. The zero-order valence-corrected chi connectivity index (χ0v) is 32.7. The van der Waals surface area contributed by atoms with Crippen LogP contribution in [0, 0.1) is 0 Å². The van der Waals surface area contributed by atoms with Gasteiger partial charge in [0.25, 0.3) is 0 Å². The summed E-state index contributed by atoms with van der Waals surface area (Å²) in [5.41, 5.74) is 11.8. The van der Waals surface area contributed by atoms with Crippen molar-refractivity contribution >= 4 is 82.1 Å². The Labute approximate surface area is 347 Å². The van der Waals surface area contributed by atoms with Crippen molar-refractivity contribution in [3.8, 4) is 33.4 Å². The number of anilines is 3. The van der Waals surface area contributed by atoms with Crippen molar-refractivity contribution in [1.82, 2.24) is 0 Å². The molecule has 2 heteroatoms. The van der Waals surface area contributed by atoms with E-state index >= 15 is 0 Å². The highest BCUT2D eigenvalue weighted by molar-refractivity contribution is 6.16. The Morgan fingerprint density at radius 1 is 0.267 bits per heavy atom. The fraction of sp³-hybridized carbons (Fsp3) is 0. The first-order valence-electron chi connectivity index (χ1n) is 20.6. The molecule has 1 aromatic heterocycles. The Morgan fingerprint density at radius 2 is 0.750 bits per heavy atom. The number of hydrogen-bond donors (Lipinski definition) is 0. The standard InChI is InChI=1S/C58H37NO/c1-2-15-38(16-3-1)47-27-13-28-52-53-29-14-30-56(58(53)60-57(47)52)59(43-33-31-39(32-34-43)54-36-41-17-4-6-21-45(41)48-23-8-10-25-50(48)54)44-20-12-19-40(35-44)55-37-42-18-5-7-22-46(42)49-24-9-11-26-51(49)55/h1-37H. The molecule has 0 saturated carbocycles. The summed E-state index contributed by atoms with van der Waals surface area (Å²) in [4.78, 5) is 2.36. The molecule has 0 unspecified atom stereocenters. The van der Waals surface area contributed by atoms with Crippen molar-refractivity contribution in [3.05, 3.63) is 224 Å². The van der Waals surface area contributed by atoms with Gasteiger partial charge in [0.2, 0.25) is 0 Å². The van der Waals surface area contributed by atoms with Gasteiger partial charge in [-0.2, -0.15) is 0 Å². The Hall–Kier alpha value is -7.94. The molecule has 0 amide bonds. The fourth-order valence-electron chi connectivity index (χ4n) is 9.44. The van der Waals surface area contributed by atoms with E-state index in [0.717, 1.165) is 55.7 Å². The van der Waals surface area contributed by atoms with E-state index in [1.165, 1.54) is 59.8 Å². The van der Waals surface area contributed by atoms with Crippen LogP contribution in [0.1, 0.15) is 0 Å². The van der Waals surface area contributed by atoms with Gasteiger partial charge in [0.15, 0.2) is 5.58 Å². The van der Waals surface area contributed by atoms with Gasteiger partial charge in [-0.15, -0.1) is 0 Å². The first-order chi connectivity index (χ1) is 29.8. The maximum Gasteiger partial charge on any atom is 0.159 e. The first kappa shape index (κ1) is 34.1. The van der Waals surface area contributed by atoms with E-state index in [1.807, 2.05) is 0 Å². The monoisotopic (exact) mass is 763 g/mol. The van der Waals surface area contributed by atoms with Gasteiger partial charge in [0.05, 0.1) is 5.69 Å². The van der Waals surface area contributed by atoms with Gasteiger partial charge in [-0.3, -0.25) is 0 Å². The average molecular weight is 764 g/mol. The lowest BCUT2D eigenvalue weighted by Gasteiger charge is -2.26. The Balaban J connectivity index is 1.07. The lowest BCUT2D eigenvalue weighted by Crippen LogP contribution is -2.10. The minimum Gasteiger partial charge on any atom is -0.453 e. The van der Waals surface area contributed by atoms with Crippen LogP contribution in [0.5, 0.6) is 0 Å². The minimum atomic E-state index is 0.849. The normalized spacial score (nSPS) is 11.7. The maximum atomic E-state index is 7.05. The second-order valence-corrected chi connectivity index (χ2v) is 15.6. The molecule has 12 rings (SSSR count). The molecule has 1 heterocycles. The van der Waals surface area contributed by atoms with Crippen LogP contribution in [0.15, 0.2) is 229 Å². The summed E-state index contributed by atoms with van der Waals surface area (Å²) < 4.78 is 7.05. The summed E-state index contributed by atoms with van der Waals surface area (Å²) in [6.07, 6.45) is 0. The highest BCUT2D eigenvalue weighted by atomic mass is 16.3. The van der Waals surface area contributed by atoms with E-state index in [4.69, 9.17) is 4.42 Å². The van der Waals surface area contributed by atoms with Crippen LogP contribution in [0.25, 0.3) is 98.4 Å². The zero-order valence-electron chi connectivity index (χ0n) is 32.7. The lowest BCUT2D eigenvalue weighted by molar-refractivity contribution is 0.670. The van der Waals surface area contributed by atoms with E-state index in [0.29, 0.717) is 0 Å². The summed E-state index contributed by atoms with van der Waals surface area (Å²) in [6.45, 7) is 0. The predicted molar refractivity (Wildman–Crippen MR) is 255 cm³/mol. The lowest BCUT2D eigenvalue weighted by atomic mass is 9.93. The van der Waals surface area contributed by atoms with Crippen LogP contribution < -0.4 is 4.90 Å². The molecule has 280 valence electrons. The largest absolute Gasteiger partial charge is 0.453 e. The number of fused-ring (bicyclic) bond motifs is 9. The van der Waals surface area contributed by atoms with E-state index < -0.39 is 0 Å². The maximum absolute atomic E-state index is 7.05. The van der Waals surface area contributed by atoms with E-state index in [9.17, 15) is 0 Å². The second kappa shape index (κ2) is 13.9. The summed E-state index contributed by atoms with van der Waals surface area (Å²) in [5.74, 6) is 0. The van der Waals surface area contributed by atoms with Crippen LogP contribution in [0.4, 0.5) is 17.1 Å². The van der Waals surface area contributed by atoms with Gasteiger partial charge in [0, 0.05) is 27.7 Å². The molecule has 0 aliphatic rings. The number of rotatable bonds is 6. The number of hydrogen-bond acceptors (Lipinski definition) is 2. The molecular weight excluding hydrogens is 727 g/mol. The number of para-hydroxylation sites is 2. The third-order valence-corrected chi connectivity index (χ3v) is 12.2. The van der Waals surface area contributed by atoms with E-state index in [-0.39, 0.29) is 0 Å². The molecule has 12 aromatic rings. The third kappa shape index (κ3) is 5.50. The zero-order chi connectivity index (χ0) is 39.6. The molecule has 0 N–H and O–H groups in total. The second-order valence-electron chi connectivity index (χ2n) is 15.6. The van der Waals surface area contributed by atoms with Gasteiger partial charge in [-0.25, -0.2) is 0 Å². The van der Waals surface area contributed by atoms with Crippen molar-refractivity contribution in [1.29, 1.82) is 0 Å². The summed E-state index contributed by atoms with van der Waals surface area (Å²) in [7, 11) is 0. The highest BCUT2D eigenvalue weighted by Crippen LogP contribution is 2.46. The number of furan rings is 1. The molecular formula is C58H37NO. The Kier molecular flexibility index (Phi) is 7.89. The molecule has 0 radical (unpaired) electrons. The van der Waals surface area contributed by atoms with E-state index in [1.54, 1.807) is 0 Å². The van der Waals surface area contributed by atoms with Crippen molar-refractivity contribution in [2.75, 3.05) is 4.90 Å². The van der Waals surface area contributed by atoms with Crippen LogP contribution >= 0.6 is 0 Å². The van der Waals surface area contributed by atoms with Crippen LogP contribution in [-0.4, -0.2) is 0 Å². The van der Waals surface area contributed by atoms with Crippen LogP contribution in [-0.2, 0) is 0 Å². The average Bonchev–Trinajstić information content (AvgIpc) is 3.72. The molecule has 0 aliphatic heterocycles. The third-order valence-electron chi connectivity index (χ3n) is 12.2. The topological polar surface area (TPSA) is 16.4 Å². The minimum absolute atomic E-state index is 0.849. The van der Waals surface area contributed by atoms with Crippen LogP contribution in [0.3, 0.4) is 0 Å². The van der Waals surface area contributed by atoms with Crippen molar-refractivity contribution in [2.24, 2.45) is 0 Å². The van der Waals surface area contributed by atoms with Crippen molar-refractivity contribution in [3.63, 3.8) is 0 Å². The smallest absolute Gasteiger partial charge is 0.159 e. The van der Waals surface area contributed by atoms with Gasteiger partial charge in [-0.05, 0) is 113 Å². The molecule has 0 fully saturated rings. The fourth-order valence-corrected chi connectivity index (χ4v) is 9.44. The molecule has 0 aliphatic carbocycles. The quantitative estimate of drug-likeness (QED) is 0.157. The Morgan fingerprint density at radius 3 is 1.42 bits per heavy atom. The molecule has 0 spiro atoms. The van der Waals surface area contributed by atoms with Crippen LogP contribution in [0.2, 0.25) is 0 Å². The van der Waals surface area contributed by atoms with E-state index in [2.05, 4.69) is 229 Å². The Bertz CT molecular complexity index is 3600. The molecule has 60 heavy (non-hydrogen) atoms. The summed E-state index contributed by atoms with van der Waals surface area (Å²) in [5, 5.41) is 12.2. The van der Waals surface area contributed by atoms with Gasteiger partial charge < -0.3 is 9.32 Å². The first-order valence-corrected chi connectivity index (χ1v) is 20.6. The van der Waals surface area contributed by atoms with Gasteiger partial charge in [0.1, 0.15) is 5.58 Å². The molecule has 0 bridgehead atoms.